The normalized spacial score (nSPS) is 14.5. The van der Waals surface area contributed by atoms with Gasteiger partial charge in [-0.2, -0.15) is 0 Å². The topological polar surface area (TPSA) is 70.4 Å². The molecule has 1 heterocycles. The molecular formula is C10H13NO3S. The van der Waals surface area contributed by atoms with E-state index in [1.165, 1.54) is 11.8 Å². The molecule has 0 saturated heterocycles. The highest BCUT2D eigenvalue weighted by atomic mass is 32.2. The van der Waals surface area contributed by atoms with Gasteiger partial charge in [-0.15, -0.1) is 11.8 Å². The lowest BCUT2D eigenvalue weighted by Gasteiger charge is -2.24. The van der Waals surface area contributed by atoms with Gasteiger partial charge in [0.05, 0.1) is 6.61 Å². The smallest absolute Gasteiger partial charge is 0.324 e. The second kappa shape index (κ2) is 5.14. The highest BCUT2D eigenvalue weighted by Crippen LogP contribution is 2.35. The second-order valence-electron chi connectivity index (χ2n) is 3.15. The van der Waals surface area contributed by atoms with Crippen LogP contribution in [0.1, 0.15) is 12.5 Å². The zero-order valence-electron chi connectivity index (χ0n) is 8.38. The predicted molar refractivity (Wildman–Crippen MR) is 58.8 cm³/mol. The lowest BCUT2D eigenvalue weighted by molar-refractivity contribution is -0.139. The fraction of sp³-hybridized carbons (Fsp3) is 0.400. The number of carbonyl (C=O) groups is 1. The summed E-state index contributed by atoms with van der Waals surface area (Å²) in [6, 6.07) is 3.36. The van der Waals surface area contributed by atoms with Crippen molar-refractivity contribution in [1.29, 1.82) is 0 Å². The van der Waals surface area contributed by atoms with Crippen molar-refractivity contribution in [1.82, 2.24) is 4.98 Å². The summed E-state index contributed by atoms with van der Waals surface area (Å²) >= 11 is 1.21. The van der Waals surface area contributed by atoms with Crippen LogP contribution in [-0.2, 0) is 9.54 Å². The molecule has 1 unspecified atom stereocenters. The Morgan fingerprint density at radius 2 is 2.13 bits per heavy atom. The Morgan fingerprint density at radius 1 is 1.53 bits per heavy atom. The van der Waals surface area contributed by atoms with Gasteiger partial charge in [-0.25, -0.2) is 0 Å². The molecule has 1 atom stereocenters. The van der Waals surface area contributed by atoms with Crippen LogP contribution < -0.4 is 0 Å². The highest BCUT2D eigenvalue weighted by molar-refractivity contribution is 8.00. The Labute approximate surface area is 92.3 Å². The van der Waals surface area contributed by atoms with Crippen molar-refractivity contribution in [2.45, 2.75) is 11.7 Å². The van der Waals surface area contributed by atoms with Crippen LogP contribution in [0.4, 0.5) is 0 Å². The molecule has 0 amide bonds. The number of thioether (sulfide) groups is 1. The van der Waals surface area contributed by atoms with E-state index in [0.717, 1.165) is 0 Å². The molecule has 0 aliphatic carbocycles. The van der Waals surface area contributed by atoms with E-state index < -0.39 is 10.7 Å². The standard InChI is InChI=1S/C10H13NO3S/c1-10(9(13)14,15-7-6-12)8-2-4-11-5-3-8/h2-5,12H,6-7H2,1H3,(H,13,14). The van der Waals surface area contributed by atoms with Crippen LogP contribution in [0.15, 0.2) is 24.5 Å². The molecule has 82 valence electrons. The van der Waals surface area contributed by atoms with Crippen molar-refractivity contribution in [3.05, 3.63) is 30.1 Å². The van der Waals surface area contributed by atoms with E-state index >= 15 is 0 Å². The van der Waals surface area contributed by atoms with Crippen LogP contribution in [0, 0.1) is 0 Å². The lowest BCUT2D eigenvalue weighted by atomic mass is 10.0. The average molecular weight is 227 g/mol. The molecular weight excluding hydrogens is 214 g/mol. The minimum atomic E-state index is -1.02. The first-order valence-corrected chi connectivity index (χ1v) is 5.48. The number of nitrogens with zero attached hydrogens (tertiary/aromatic N) is 1. The van der Waals surface area contributed by atoms with Crippen molar-refractivity contribution in [2.75, 3.05) is 12.4 Å². The molecule has 1 aromatic rings. The van der Waals surface area contributed by atoms with E-state index in [9.17, 15) is 9.90 Å². The zero-order chi connectivity index (χ0) is 11.3. The van der Waals surface area contributed by atoms with Gasteiger partial charge in [0.15, 0.2) is 0 Å². The van der Waals surface area contributed by atoms with Crippen molar-refractivity contribution >= 4 is 17.7 Å². The third-order valence-corrected chi connectivity index (χ3v) is 3.50. The monoisotopic (exact) mass is 227 g/mol. The fourth-order valence-electron chi connectivity index (χ4n) is 1.19. The number of aliphatic hydroxyl groups excluding tert-OH is 1. The van der Waals surface area contributed by atoms with Crippen molar-refractivity contribution in [3.63, 3.8) is 0 Å². The van der Waals surface area contributed by atoms with Gasteiger partial charge in [0.25, 0.3) is 0 Å². The molecule has 5 heteroatoms. The number of aromatic nitrogens is 1. The molecule has 0 aliphatic heterocycles. The summed E-state index contributed by atoms with van der Waals surface area (Å²) in [5, 5.41) is 17.9. The van der Waals surface area contributed by atoms with Crippen LogP contribution in [0.5, 0.6) is 0 Å². The summed E-state index contributed by atoms with van der Waals surface area (Å²) in [7, 11) is 0. The van der Waals surface area contributed by atoms with Crippen LogP contribution in [0.25, 0.3) is 0 Å². The average Bonchev–Trinajstić information content (AvgIpc) is 2.27. The van der Waals surface area contributed by atoms with Crippen LogP contribution in [-0.4, -0.2) is 33.5 Å². The Bertz CT molecular complexity index is 331. The highest BCUT2D eigenvalue weighted by Gasteiger charge is 2.35. The fourth-order valence-corrected chi connectivity index (χ4v) is 2.11. The number of aliphatic hydroxyl groups is 1. The lowest BCUT2D eigenvalue weighted by Crippen LogP contribution is -2.29. The molecule has 0 radical (unpaired) electrons. The van der Waals surface area contributed by atoms with Crippen molar-refractivity contribution in [3.8, 4) is 0 Å². The van der Waals surface area contributed by atoms with Crippen molar-refractivity contribution in [2.24, 2.45) is 0 Å². The molecule has 0 fully saturated rings. The first-order valence-electron chi connectivity index (χ1n) is 4.50. The number of rotatable bonds is 5. The third-order valence-electron chi connectivity index (χ3n) is 2.12. The van der Waals surface area contributed by atoms with Gasteiger partial charge < -0.3 is 10.2 Å². The van der Waals surface area contributed by atoms with Crippen LogP contribution in [0.2, 0.25) is 0 Å². The molecule has 0 aromatic carbocycles. The minimum absolute atomic E-state index is 0.0291. The van der Waals surface area contributed by atoms with Crippen LogP contribution >= 0.6 is 11.8 Å². The van der Waals surface area contributed by atoms with E-state index in [-0.39, 0.29) is 6.61 Å². The van der Waals surface area contributed by atoms with E-state index in [1.807, 2.05) is 0 Å². The SMILES string of the molecule is CC(SCCO)(C(=O)O)c1ccncc1. The number of hydrogen-bond donors (Lipinski definition) is 2. The van der Waals surface area contributed by atoms with Gasteiger partial charge in [0, 0.05) is 18.1 Å². The number of carboxylic acids is 1. The molecule has 15 heavy (non-hydrogen) atoms. The van der Waals surface area contributed by atoms with E-state index in [2.05, 4.69) is 4.98 Å². The predicted octanol–water partition coefficient (Wildman–Crippen LogP) is 1.11. The van der Waals surface area contributed by atoms with E-state index in [4.69, 9.17) is 5.11 Å². The molecule has 0 aliphatic rings. The quantitative estimate of drug-likeness (QED) is 0.788. The summed E-state index contributed by atoms with van der Waals surface area (Å²) in [5.41, 5.74) is 0.684. The molecule has 0 bridgehead atoms. The molecule has 0 saturated carbocycles. The summed E-state index contributed by atoms with van der Waals surface area (Å²) in [4.78, 5) is 15.1. The number of aliphatic carboxylic acids is 1. The number of hydrogen-bond acceptors (Lipinski definition) is 4. The van der Waals surface area contributed by atoms with Crippen molar-refractivity contribution < 1.29 is 15.0 Å². The first kappa shape index (κ1) is 12.0. The maximum Gasteiger partial charge on any atom is 0.324 e. The molecule has 0 spiro atoms. The Hall–Kier alpha value is -1.07. The Kier molecular flexibility index (Phi) is 4.11. The van der Waals surface area contributed by atoms with E-state index in [0.29, 0.717) is 11.3 Å². The third kappa shape index (κ3) is 2.70. The van der Waals surface area contributed by atoms with E-state index in [1.54, 1.807) is 31.5 Å². The maximum atomic E-state index is 11.2. The van der Waals surface area contributed by atoms with Gasteiger partial charge in [-0.3, -0.25) is 9.78 Å². The largest absolute Gasteiger partial charge is 0.480 e. The second-order valence-corrected chi connectivity index (χ2v) is 4.66. The zero-order valence-corrected chi connectivity index (χ0v) is 9.20. The molecule has 1 aromatic heterocycles. The minimum Gasteiger partial charge on any atom is -0.480 e. The Morgan fingerprint density at radius 3 is 2.60 bits per heavy atom. The number of pyridine rings is 1. The first-order chi connectivity index (χ1) is 7.11. The number of carboxylic acid groups (broad SMARTS) is 1. The van der Waals surface area contributed by atoms with Gasteiger partial charge in [0.1, 0.15) is 4.75 Å². The summed E-state index contributed by atoms with van der Waals surface area (Å²) in [6.45, 7) is 1.60. The summed E-state index contributed by atoms with van der Waals surface area (Å²) < 4.78 is -1.02. The molecule has 2 N–H and O–H groups in total. The van der Waals surface area contributed by atoms with Gasteiger partial charge in [-0.1, -0.05) is 0 Å². The van der Waals surface area contributed by atoms with Gasteiger partial charge >= 0.3 is 5.97 Å². The van der Waals surface area contributed by atoms with Gasteiger partial charge in [0.2, 0.25) is 0 Å². The Balaban J connectivity index is 2.96. The summed E-state index contributed by atoms with van der Waals surface area (Å²) in [5.74, 6) is -0.516. The molecule has 4 nitrogen and oxygen atoms in total. The summed E-state index contributed by atoms with van der Waals surface area (Å²) in [6.07, 6.45) is 3.13. The van der Waals surface area contributed by atoms with Crippen LogP contribution in [0.3, 0.4) is 0 Å². The molecule has 1 rings (SSSR count). The maximum absolute atomic E-state index is 11.2. The van der Waals surface area contributed by atoms with Gasteiger partial charge in [-0.05, 0) is 24.6 Å².